The first-order valence-corrected chi connectivity index (χ1v) is 4.49. The summed E-state index contributed by atoms with van der Waals surface area (Å²) in [6, 6.07) is 14.7. The second-order valence-electron chi connectivity index (χ2n) is 2.15. The van der Waals surface area contributed by atoms with Gasteiger partial charge in [-0.1, -0.05) is 6.07 Å². The minimum atomic E-state index is 0. The number of benzene rings is 1. The molecule has 1 radical (unpaired) electrons. The van der Waals surface area contributed by atoms with Crippen molar-refractivity contribution >= 4 is 10.8 Å². The van der Waals surface area contributed by atoms with Crippen LogP contribution < -0.4 is 0 Å². The molecule has 2 aromatic carbocycles. The quantitative estimate of drug-likeness (QED) is 0.624. The van der Waals surface area contributed by atoms with Crippen LogP contribution in [0.4, 0.5) is 0 Å². The Kier molecular flexibility index (Phi) is 12.5. The van der Waals surface area contributed by atoms with Crippen molar-refractivity contribution in [3.63, 3.8) is 0 Å². The topological polar surface area (TPSA) is 0 Å². The fourth-order valence-corrected chi connectivity index (χ4v) is 1.07. The van der Waals surface area contributed by atoms with E-state index in [2.05, 4.69) is 56.3 Å². The van der Waals surface area contributed by atoms with Crippen molar-refractivity contribution in [1.29, 1.82) is 0 Å². The maximum Gasteiger partial charge on any atom is 3.00 e. The Morgan fingerprint density at radius 2 is 1.50 bits per heavy atom. The Morgan fingerprint density at radius 1 is 0.929 bits per heavy atom. The van der Waals surface area contributed by atoms with Crippen molar-refractivity contribution in [2.24, 2.45) is 0 Å². The molecular weight excluding hydrogens is 247 g/mol. The largest absolute Gasteiger partial charge is 3.00 e. The van der Waals surface area contributed by atoms with E-state index in [4.69, 9.17) is 0 Å². The maximum atomic E-state index is 3.25. The first-order chi connectivity index (χ1) is 6.47. The summed E-state index contributed by atoms with van der Waals surface area (Å²) in [6.45, 7) is 10.0. The molecule has 0 aliphatic rings. The molecule has 0 aromatic heterocycles. The van der Waals surface area contributed by atoms with E-state index in [1.807, 2.05) is 0 Å². The van der Waals surface area contributed by atoms with Crippen LogP contribution >= 0.6 is 0 Å². The van der Waals surface area contributed by atoms with Gasteiger partial charge in [-0.15, -0.1) is 29.7 Å². The molecule has 0 atom stereocenters. The Hall–Kier alpha value is -0.287. The van der Waals surface area contributed by atoms with Crippen LogP contribution in [-0.2, 0) is 26.2 Å². The summed E-state index contributed by atoms with van der Waals surface area (Å²) >= 11 is 0. The molecule has 0 saturated heterocycles. The summed E-state index contributed by atoms with van der Waals surface area (Å²) in [4.78, 5) is 0. The first-order valence-electron chi connectivity index (χ1n) is 4.49. The third kappa shape index (κ3) is 4.81. The molecule has 0 aliphatic carbocycles. The molecule has 0 unspecified atom stereocenters. The van der Waals surface area contributed by atoms with Crippen LogP contribution in [-0.4, -0.2) is 0 Å². The Labute approximate surface area is 107 Å². The molecule has 14 heavy (non-hydrogen) atoms. The third-order valence-corrected chi connectivity index (χ3v) is 1.55. The fourth-order valence-electron chi connectivity index (χ4n) is 1.07. The zero-order valence-electron chi connectivity index (χ0n) is 8.96. The van der Waals surface area contributed by atoms with E-state index >= 15 is 0 Å². The van der Waals surface area contributed by atoms with Gasteiger partial charge in [0.05, 0.1) is 0 Å². The van der Waals surface area contributed by atoms with Crippen LogP contribution in [0.2, 0.25) is 0 Å². The van der Waals surface area contributed by atoms with E-state index in [0.717, 1.165) is 0 Å². The van der Waals surface area contributed by atoms with E-state index in [9.17, 15) is 0 Å². The molecule has 0 saturated carbocycles. The van der Waals surface area contributed by atoms with Crippen molar-refractivity contribution in [1.82, 2.24) is 0 Å². The van der Waals surface area contributed by atoms with E-state index < -0.39 is 0 Å². The first kappa shape index (κ1) is 16.2. The van der Waals surface area contributed by atoms with Crippen molar-refractivity contribution in [2.45, 2.75) is 13.8 Å². The predicted molar refractivity (Wildman–Crippen MR) is 61.6 cm³/mol. The minimum absolute atomic E-state index is 0. The van der Waals surface area contributed by atoms with Gasteiger partial charge in [-0.25, -0.2) is 0 Å². The summed E-state index contributed by atoms with van der Waals surface area (Å²) in [7, 11) is 0. The number of rotatable bonds is 0. The molecule has 0 N–H and O–H groups in total. The van der Waals surface area contributed by atoms with E-state index in [1.165, 1.54) is 10.8 Å². The van der Waals surface area contributed by atoms with Crippen LogP contribution in [0.25, 0.3) is 10.8 Å². The summed E-state index contributed by atoms with van der Waals surface area (Å²) in [6.07, 6.45) is 0. The standard InChI is InChI=1S/C9H7.2C2H5.Zr/c1-2-5-9-7-3-6-8(9)4-1;2*1-2;/h1-7H;2*1H2,2H3;/q3*-1;+3. The summed E-state index contributed by atoms with van der Waals surface area (Å²) in [5, 5.41) is 2.66. The van der Waals surface area contributed by atoms with Gasteiger partial charge in [0.1, 0.15) is 0 Å². The summed E-state index contributed by atoms with van der Waals surface area (Å²) in [5.74, 6) is 0. The van der Waals surface area contributed by atoms with Gasteiger partial charge in [-0.3, -0.25) is 0 Å². The molecule has 0 aliphatic heterocycles. The molecule has 2 aromatic rings. The van der Waals surface area contributed by atoms with Gasteiger partial charge in [-0.2, -0.15) is 31.4 Å². The van der Waals surface area contributed by atoms with Crippen molar-refractivity contribution < 1.29 is 26.2 Å². The zero-order chi connectivity index (χ0) is 10.1. The Morgan fingerprint density at radius 3 is 2.07 bits per heavy atom. The molecule has 0 nitrogen and oxygen atoms in total. The number of hydrogen-bond donors (Lipinski definition) is 0. The molecule has 1 heteroatoms. The zero-order valence-corrected chi connectivity index (χ0v) is 11.4. The molecule has 0 fully saturated rings. The Bertz CT molecular complexity index is 279. The van der Waals surface area contributed by atoms with Gasteiger partial charge in [-0.05, 0) is 0 Å². The molecule has 2 rings (SSSR count). The predicted octanol–water partition coefficient (Wildman–Crippen LogP) is 4.24. The second kappa shape index (κ2) is 10.8. The van der Waals surface area contributed by atoms with Crippen LogP contribution in [0.15, 0.2) is 42.5 Å². The molecule has 0 bridgehead atoms. The third-order valence-electron chi connectivity index (χ3n) is 1.55. The average molecular weight is 265 g/mol. The van der Waals surface area contributed by atoms with Gasteiger partial charge in [0.2, 0.25) is 0 Å². The van der Waals surface area contributed by atoms with Crippen LogP contribution in [0.1, 0.15) is 13.8 Å². The molecule has 0 heterocycles. The van der Waals surface area contributed by atoms with E-state index in [1.54, 1.807) is 13.8 Å². The van der Waals surface area contributed by atoms with Crippen molar-refractivity contribution in [2.75, 3.05) is 0 Å². The number of fused-ring (bicyclic) bond motifs is 1. The minimum Gasteiger partial charge on any atom is -0.346 e. The maximum absolute atomic E-state index is 3.25. The van der Waals surface area contributed by atoms with Gasteiger partial charge in [0.25, 0.3) is 0 Å². The van der Waals surface area contributed by atoms with Crippen LogP contribution in [0.3, 0.4) is 0 Å². The second-order valence-corrected chi connectivity index (χ2v) is 2.15. The SMILES string of the molecule is [CH2-]C.[CH2-]C.[Zr+3].c1ccc2[cH-]ccc2c1. The van der Waals surface area contributed by atoms with Crippen LogP contribution in [0, 0.1) is 13.8 Å². The van der Waals surface area contributed by atoms with Crippen LogP contribution in [0.5, 0.6) is 0 Å². The fraction of sp³-hybridized carbons (Fsp3) is 0.154. The summed E-state index contributed by atoms with van der Waals surface area (Å²) in [5.41, 5.74) is 0. The average Bonchev–Trinajstić information content (AvgIpc) is 2.71. The molecular formula is C13H17Zr. The van der Waals surface area contributed by atoms with Crippen molar-refractivity contribution in [3.05, 3.63) is 56.3 Å². The number of hydrogen-bond acceptors (Lipinski definition) is 0. The Balaban J connectivity index is 0. The monoisotopic (exact) mass is 263 g/mol. The smallest absolute Gasteiger partial charge is 0.346 e. The van der Waals surface area contributed by atoms with Gasteiger partial charge >= 0.3 is 26.2 Å². The molecule has 0 spiro atoms. The van der Waals surface area contributed by atoms with Gasteiger partial charge < -0.3 is 13.8 Å². The molecule has 73 valence electrons. The van der Waals surface area contributed by atoms with Gasteiger partial charge in [0, 0.05) is 0 Å². The normalized spacial score (nSPS) is 7.43. The van der Waals surface area contributed by atoms with E-state index in [0.29, 0.717) is 0 Å². The molecule has 0 amide bonds. The van der Waals surface area contributed by atoms with Gasteiger partial charge in [0.15, 0.2) is 0 Å². The van der Waals surface area contributed by atoms with Crippen molar-refractivity contribution in [3.8, 4) is 0 Å². The summed E-state index contributed by atoms with van der Waals surface area (Å²) < 4.78 is 0. The van der Waals surface area contributed by atoms with E-state index in [-0.39, 0.29) is 26.2 Å².